The SMILES string of the molecule is Cc1ccc(S(=O)(=O)Nc2ccncn2)c(C2CC2)n1. The van der Waals surface area contributed by atoms with E-state index in [1.165, 1.54) is 18.6 Å². The molecule has 1 N–H and O–H groups in total. The molecule has 0 saturated heterocycles. The second-order valence-corrected chi connectivity index (χ2v) is 6.46. The molecule has 1 aliphatic rings. The summed E-state index contributed by atoms with van der Waals surface area (Å²) in [6.45, 7) is 1.86. The van der Waals surface area contributed by atoms with Crippen LogP contribution in [0.1, 0.15) is 30.1 Å². The zero-order valence-electron chi connectivity index (χ0n) is 10.9. The van der Waals surface area contributed by atoms with Crippen molar-refractivity contribution in [3.05, 3.63) is 42.1 Å². The fourth-order valence-corrected chi connectivity index (χ4v) is 3.23. The molecule has 1 saturated carbocycles. The molecule has 7 heteroatoms. The predicted octanol–water partition coefficient (Wildman–Crippen LogP) is 1.86. The van der Waals surface area contributed by atoms with E-state index in [-0.39, 0.29) is 16.6 Å². The quantitative estimate of drug-likeness (QED) is 0.929. The van der Waals surface area contributed by atoms with E-state index in [0.29, 0.717) is 5.69 Å². The maximum absolute atomic E-state index is 12.5. The van der Waals surface area contributed by atoms with Gasteiger partial charge in [0, 0.05) is 17.8 Å². The third kappa shape index (κ3) is 2.62. The summed E-state index contributed by atoms with van der Waals surface area (Å²) >= 11 is 0. The smallest absolute Gasteiger partial charge is 0.263 e. The number of rotatable bonds is 4. The lowest BCUT2D eigenvalue weighted by Crippen LogP contribution is -2.16. The van der Waals surface area contributed by atoms with Gasteiger partial charge < -0.3 is 0 Å². The van der Waals surface area contributed by atoms with E-state index in [2.05, 4.69) is 19.7 Å². The van der Waals surface area contributed by atoms with Crippen LogP contribution in [0.4, 0.5) is 5.82 Å². The molecule has 6 nitrogen and oxygen atoms in total. The number of hydrogen-bond acceptors (Lipinski definition) is 5. The molecular weight excluding hydrogens is 276 g/mol. The summed E-state index contributed by atoms with van der Waals surface area (Å²) in [6, 6.07) is 4.83. The van der Waals surface area contributed by atoms with Crippen molar-refractivity contribution in [3.8, 4) is 0 Å². The molecule has 0 amide bonds. The van der Waals surface area contributed by atoms with Gasteiger partial charge in [-0.1, -0.05) is 0 Å². The molecule has 0 radical (unpaired) electrons. The molecule has 0 aromatic carbocycles. The summed E-state index contributed by atoms with van der Waals surface area (Å²) in [5.74, 6) is 0.509. The van der Waals surface area contributed by atoms with Gasteiger partial charge in [-0.3, -0.25) is 9.71 Å². The van der Waals surface area contributed by atoms with Gasteiger partial charge in [0.15, 0.2) is 0 Å². The molecule has 1 aliphatic carbocycles. The second kappa shape index (κ2) is 4.82. The van der Waals surface area contributed by atoms with Gasteiger partial charge in [-0.05, 0) is 38.0 Å². The first-order chi connectivity index (χ1) is 9.56. The average molecular weight is 290 g/mol. The number of pyridine rings is 1. The van der Waals surface area contributed by atoms with Gasteiger partial charge in [0.25, 0.3) is 10.0 Å². The van der Waals surface area contributed by atoms with Gasteiger partial charge in [0.05, 0.1) is 5.69 Å². The predicted molar refractivity (Wildman–Crippen MR) is 73.8 cm³/mol. The van der Waals surface area contributed by atoms with E-state index in [1.807, 2.05) is 6.92 Å². The van der Waals surface area contributed by atoms with Crippen LogP contribution in [0.5, 0.6) is 0 Å². The van der Waals surface area contributed by atoms with Crippen LogP contribution >= 0.6 is 0 Å². The fourth-order valence-electron chi connectivity index (χ4n) is 1.98. The highest BCUT2D eigenvalue weighted by atomic mass is 32.2. The van der Waals surface area contributed by atoms with E-state index in [1.54, 1.807) is 12.1 Å². The van der Waals surface area contributed by atoms with E-state index in [9.17, 15) is 8.42 Å². The minimum atomic E-state index is -3.67. The van der Waals surface area contributed by atoms with Crippen molar-refractivity contribution in [2.45, 2.75) is 30.6 Å². The van der Waals surface area contributed by atoms with Crippen LogP contribution in [0.25, 0.3) is 0 Å². The number of aryl methyl sites for hydroxylation is 1. The summed E-state index contributed by atoms with van der Waals surface area (Å²) in [6.07, 6.45) is 4.77. The topological polar surface area (TPSA) is 84.8 Å². The average Bonchev–Trinajstić information content (AvgIpc) is 3.23. The third-order valence-electron chi connectivity index (χ3n) is 3.10. The number of aromatic nitrogens is 3. The summed E-state index contributed by atoms with van der Waals surface area (Å²) in [4.78, 5) is 12.3. The van der Waals surface area contributed by atoms with Gasteiger partial charge in [-0.15, -0.1) is 0 Å². The van der Waals surface area contributed by atoms with E-state index >= 15 is 0 Å². The van der Waals surface area contributed by atoms with Crippen LogP contribution in [-0.2, 0) is 10.0 Å². The van der Waals surface area contributed by atoms with Crippen LogP contribution in [0, 0.1) is 6.92 Å². The lowest BCUT2D eigenvalue weighted by atomic mass is 10.2. The second-order valence-electron chi connectivity index (χ2n) is 4.81. The molecule has 0 spiro atoms. The van der Waals surface area contributed by atoms with Crippen molar-refractivity contribution in [1.82, 2.24) is 15.0 Å². The maximum atomic E-state index is 12.5. The van der Waals surface area contributed by atoms with Crippen LogP contribution in [-0.4, -0.2) is 23.4 Å². The molecular formula is C13H14N4O2S. The lowest BCUT2D eigenvalue weighted by molar-refractivity contribution is 0.599. The first kappa shape index (κ1) is 13.0. The number of nitrogens with one attached hydrogen (secondary N) is 1. The van der Waals surface area contributed by atoms with Crippen molar-refractivity contribution in [1.29, 1.82) is 0 Å². The Labute approximate surface area is 117 Å². The van der Waals surface area contributed by atoms with E-state index < -0.39 is 10.0 Å². The molecule has 0 unspecified atom stereocenters. The highest BCUT2D eigenvalue weighted by molar-refractivity contribution is 7.92. The molecule has 2 heterocycles. The normalized spacial score (nSPS) is 15.1. The van der Waals surface area contributed by atoms with Crippen LogP contribution in [0.3, 0.4) is 0 Å². The monoisotopic (exact) mass is 290 g/mol. The third-order valence-corrected chi connectivity index (χ3v) is 4.50. The molecule has 20 heavy (non-hydrogen) atoms. The van der Waals surface area contributed by atoms with E-state index in [4.69, 9.17) is 0 Å². The van der Waals surface area contributed by atoms with Gasteiger partial charge in [-0.2, -0.15) is 0 Å². The first-order valence-electron chi connectivity index (χ1n) is 6.32. The molecule has 0 aliphatic heterocycles. The van der Waals surface area contributed by atoms with Gasteiger partial charge in [-0.25, -0.2) is 18.4 Å². The maximum Gasteiger partial charge on any atom is 0.264 e. The van der Waals surface area contributed by atoms with Gasteiger partial charge >= 0.3 is 0 Å². The van der Waals surface area contributed by atoms with Crippen molar-refractivity contribution in [3.63, 3.8) is 0 Å². The molecule has 3 rings (SSSR count). The van der Waals surface area contributed by atoms with E-state index in [0.717, 1.165) is 18.5 Å². The Hall–Kier alpha value is -2.02. The van der Waals surface area contributed by atoms with Crippen molar-refractivity contribution in [2.24, 2.45) is 0 Å². The standard InChI is InChI=1S/C13H14N4O2S/c1-9-2-5-11(13(16-9)10-3-4-10)20(18,19)17-12-6-7-14-8-15-12/h2,5-8,10H,3-4H2,1H3,(H,14,15,17). The molecule has 104 valence electrons. The Morgan fingerprint density at radius 1 is 1.25 bits per heavy atom. The van der Waals surface area contributed by atoms with Crippen LogP contribution in [0.15, 0.2) is 35.6 Å². The number of sulfonamides is 1. The summed E-state index contributed by atoms with van der Waals surface area (Å²) in [5.41, 5.74) is 1.49. The van der Waals surface area contributed by atoms with Crippen molar-refractivity contribution >= 4 is 15.8 Å². The van der Waals surface area contributed by atoms with Gasteiger partial charge in [0.2, 0.25) is 0 Å². The Morgan fingerprint density at radius 2 is 2.05 bits per heavy atom. The molecule has 2 aromatic rings. The zero-order valence-corrected chi connectivity index (χ0v) is 11.8. The Bertz CT molecular complexity index is 727. The molecule has 0 atom stereocenters. The van der Waals surface area contributed by atoms with Crippen molar-refractivity contribution in [2.75, 3.05) is 4.72 Å². The molecule has 2 aromatic heterocycles. The van der Waals surface area contributed by atoms with Crippen molar-refractivity contribution < 1.29 is 8.42 Å². The highest BCUT2D eigenvalue weighted by Crippen LogP contribution is 2.42. The van der Waals surface area contributed by atoms with Gasteiger partial charge in [0.1, 0.15) is 17.0 Å². The number of nitrogens with zero attached hydrogens (tertiary/aromatic N) is 3. The van der Waals surface area contributed by atoms with Crippen LogP contribution in [0.2, 0.25) is 0 Å². The van der Waals surface area contributed by atoms with Crippen LogP contribution < -0.4 is 4.72 Å². The Kier molecular flexibility index (Phi) is 3.13. The Balaban J connectivity index is 1.99. The minimum Gasteiger partial charge on any atom is -0.263 e. The first-order valence-corrected chi connectivity index (χ1v) is 7.81. The number of hydrogen-bond donors (Lipinski definition) is 1. The lowest BCUT2D eigenvalue weighted by Gasteiger charge is -2.11. The largest absolute Gasteiger partial charge is 0.264 e. The highest BCUT2D eigenvalue weighted by Gasteiger charge is 2.32. The zero-order chi connectivity index (χ0) is 14.2. The summed E-state index contributed by atoms with van der Waals surface area (Å²) in [5, 5.41) is 0. The molecule has 1 fully saturated rings. The Morgan fingerprint density at radius 3 is 2.70 bits per heavy atom. The summed E-state index contributed by atoms with van der Waals surface area (Å²) in [7, 11) is -3.67. The molecule has 0 bridgehead atoms. The minimum absolute atomic E-state index is 0.240. The summed E-state index contributed by atoms with van der Waals surface area (Å²) < 4.78 is 27.4. The number of anilines is 1. The fraction of sp³-hybridized carbons (Fsp3) is 0.308.